The van der Waals surface area contributed by atoms with Crippen LogP contribution in [0.25, 0.3) is 17.2 Å². The van der Waals surface area contributed by atoms with Gasteiger partial charge in [0.2, 0.25) is 0 Å². The molecule has 0 saturated carbocycles. The van der Waals surface area contributed by atoms with Crippen LogP contribution in [0, 0.1) is 0 Å². The van der Waals surface area contributed by atoms with E-state index in [1.165, 1.54) is 50.1 Å². The monoisotopic (exact) mass is 386 g/mol. The molecular weight excluding hydrogens is 360 g/mol. The topological polar surface area (TPSA) is 0 Å². The summed E-state index contributed by atoms with van der Waals surface area (Å²) >= 11 is 0. The lowest BCUT2D eigenvalue weighted by atomic mass is 9.78. The van der Waals surface area contributed by atoms with Crippen LogP contribution in [-0.4, -0.2) is 0 Å². The van der Waals surface area contributed by atoms with Gasteiger partial charge in [-0.2, -0.15) is 0 Å². The van der Waals surface area contributed by atoms with Crippen molar-refractivity contribution in [2.45, 2.75) is 38.5 Å². The van der Waals surface area contributed by atoms with Gasteiger partial charge in [-0.25, -0.2) is 0 Å². The Morgan fingerprint density at radius 1 is 0.700 bits per heavy atom. The van der Waals surface area contributed by atoms with Crippen molar-refractivity contribution in [2.75, 3.05) is 0 Å². The van der Waals surface area contributed by atoms with Gasteiger partial charge in [0.15, 0.2) is 0 Å². The number of hydrogen-bond acceptors (Lipinski definition) is 0. The van der Waals surface area contributed by atoms with Gasteiger partial charge >= 0.3 is 0 Å². The lowest BCUT2D eigenvalue weighted by Gasteiger charge is -2.25. The summed E-state index contributed by atoms with van der Waals surface area (Å²) in [5.74, 6) is 0.970. The minimum Gasteiger partial charge on any atom is -0.0619 e. The van der Waals surface area contributed by atoms with Gasteiger partial charge in [-0.3, -0.25) is 0 Å². The van der Waals surface area contributed by atoms with Gasteiger partial charge in [0.05, 0.1) is 0 Å². The summed E-state index contributed by atoms with van der Waals surface area (Å²) in [6.45, 7) is 4.66. The molecule has 0 radical (unpaired) electrons. The highest BCUT2D eigenvalue weighted by Gasteiger charge is 2.31. The lowest BCUT2D eigenvalue weighted by Crippen LogP contribution is -2.08. The minimum absolute atomic E-state index is 0.474. The van der Waals surface area contributed by atoms with E-state index < -0.39 is 0 Å². The van der Waals surface area contributed by atoms with Crippen LogP contribution < -0.4 is 0 Å². The summed E-state index contributed by atoms with van der Waals surface area (Å²) in [7, 11) is 0. The van der Waals surface area contributed by atoms with Crippen LogP contribution in [0.4, 0.5) is 0 Å². The van der Waals surface area contributed by atoms with Crippen LogP contribution in [0.2, 0.25) is 0 Å². The van der Waals surface area contributed by atoms with Crippen LogP contribution in [-0.2, 0) is 0 Å². The molecule has 6 rings (SSSR count). The molecule has 0 spiro atoms. The molecule has 0 saturated heterocycles. The van der Waals surface area contributed by atoms with Crippen molar-refractivity contribution in [3.63, 3.8) is 0 Å². The molecule has 1 unspecified atom stereocenters. The van der Waals surface area contributed by atoms with Gasteiger partial charge < -0.3 is 0 Å². The maximum absolute atomic E-state index is 2.44. The lowest BCUT2D eigenvalue weighted by molar-refractivity contribution is 0.726. The molecule has 1 atom stereocenters. The predicted octanol–water partition coefficient (Wildman–Crippen LogP) is 8.04. The molecule has 0 amide bonds. The average molecular weight is 387 g/mol. The van der Waals surface area contributed by atoms with Gasteiger partial charge in [0.25, 0.3) is 0 Å². The molecule has 0 heteroatoms. The molecule has 0 aliphatic heterocycles. The van der Waals surface area contributed by atoms with Crippen LogP contribution >= 0.6 is 0 Å². The van der Waals surface area contributed by atoms with Crippen molar-refractivity contribution in [2.24, 2.45) is 0 Å². The summed E-state index contributed by atoms with van der Waals surface area (Å²) in [5.41, 5.74) is 14.7. The van der Waals surface area contributed by atoms with Crippen LogP contribution in [0.15, 0.2) is 101 Å². The smallest absolute Gasteiger partial charge is 0.0105 e. The Kier molecular flexibility index (Phi) is 3.96. The molecule has 30 heavy (non-hydrogen) atoms. The van der Waals surface area contributed by atoms with Crippen molar-refractivity contribution >= 4 is 6.08 Å². The highest BCUT2D eigenvalue weighted by molar-refractivity contribution is 5.80. The molecule has 3 aliphatic rings. The van der Waals surface area contributed by atoms with E-state index in [4.69, 9.17) is 0 Å². The molecule has 3 aromatic carbocycles. The molecule has 0 bridgehead atoms. The van der Waals surface area contributed by atoms with E-state index in [2.05, 4.69) is 98.8 Å². The van der Waals surface area contributed by atoms with Gasteiger partial charge in [0, 0.05) is 11.8 Å². The van der Waals surface area contributed by atoms with Gasteiger partial charge in [-0.15, -0.1) is 0 Å². The predicted molar refractivity (Wildman–Crippen MR) is 127 cm³/mol. The third-order valence-corrected chi connectivity index (χ3v) is 7.36. The number of hydrogen-bond donors (Lipinski definition) is 0. The van der Waals surface area contributed by atoms with E-state index in [0.29, 0.717) is 11.8 Å². The highest BCUT2D eigenvalue weighted by atomic mass is 14.4. The number of fused-ring (bicyclic) bond motifs is 5. The number of allylic oxidation sites excluding steroid dienone is 5. The van der Waals surface area contributed by atoms with Gasteiger partial charge in [0.1, 0.15) is 0 Å². The highest BCUT2D eigenvalue weighted by Crippen LogP contribution is 2.50. The van der Waals surface area contributed by atoms with E-state index in [0.717, 1.165) is 12.8 Å². The van der Waals surface area contributed by atoms with E-state index in [1.807, 2.05) is 0 Å². The molecule has 3 aliphatic carbocycles. The van der Waals surface area contributed by atoms with Crippen LogP contribution in [0.3, 0.4) is 0 Å². The Morgan fingerprint density at radius 3 is 2.00 bits per heavy atom. The third kappa shape index (κ3) is 2.53. The largest absolute Gasteiger partial charge is 0.0619 e. The Morgan fingerprint density at radius 2 is 1.30 bits per heavy atom. The number of benzene rings is 3. The second kappa shape index (κ2) is 6.71. The summed E-state index contributed by atoms with van der Waals surface area (Å²) in [5, 5.41) is 0. The Labute approximate surface area is 179 Å². The van der Waals surface area contributed by atoms with Crippen LogP contribution in [0.5, 0.6) is 0 Å². The molecule has 0 fully saturated rings. The van der Waals surface area contributed by atoms with Crippen molar-refractivity contribution in [1.82, 2.24) is 0 Å². The molecule has 3 aromatic rings. The summed E-state index contributed by atoms with van der Waals surface area (Å²) in [6, 6.07) is 26.8. The van der Waals surface area contributed by atoms with Gasteiger partial charge in [-0.05, 0) is 81.5 Å². The first kappa shape index (κ1) is 17.7. The van der Waals surface area contributed by atoms with E-state index in [1.54, 1.807) is 5.57 Å². The maximum atomic E-state index is 2.44. The minimum atomic E-state index is 0.474. The normalized spacial score (nSPS) is 19.1. The van der Waals surface area contributed by atoms with E-state index >= 15 is 0 Å². The molecule has 0 aromatic heterocycles. The Hall–Kier alpha value is -3.12. The Bertz CT molecular complexity index is 1220. The zero-order chi connectivity index (χ0) is 20.2. The second-order valence-corrected chi connectivity index (χ2v) is 8.94. The van der Waals surface area contributed by atoms with Crippen molar-refractivity contribution in [3.05, 3.63) is 123 Å². The SMILES string of the molecule is CC1=C(CCC2c3ccccc3-c3ccccc32)C2=Cc3ccccc3C(C)C2=C1. The molecular formula is C30H26. The first-order valence-electron chi connectivity index (χ1n) is 11.1. The van der Waals surface area contributed by atoms with Crippen LogP contribution in [0.1, 0.15) is 60.8 Å². The Balaban J connectivity index is 1.34. The standard InChI is InChI=1S/C30H26/c1-19-17-29-20(2)23-10-4-3-9-21(23)18-30(29)22(19)15-16-28-26-13-7-5-11-24(26)25-12-6-8-14-27(25)28/h3-14,17-18,20,28H,15-16H2,1-2H3. The first-order chi connectivity index (χ1) is 14.7. The second-order valence-electron chi connectivity index (χ2n) is 8.94. The zero-order valence-corrected chi connectivity index (χ0v) is 17.7. The summed E-state index contributed by atoms with van der Waals surface area (Å²) in [4.78, 5) is 0. The molecule has 0 nitrogen and oxygen atoms in total. The molecule has 0 N–H and O–H groups in total. The fraction of sp³-hybridized carbons (Fsp3) is 0.200. The third-order valence-electron chi connectivity index (χ3n) is 7.36. The fourth-order valence-electron chi connectivity index (χ4n) is 5.86. The zero-order valence-electron chi connectivity index (χ0n) is 17.7. The van der Waals surface area contributed by atoms with Crippen molar-refractivity contribution in [1.29, 1.82) is 0 Å². The number of rotatable bonds is 3. The average Bonchev–Trinajstić information content (AvgIpc) is 3.27. The van der Waals surface area contributed by atoms with E-state index in [9.17, 15) is 0 Å². The quantitative estimate of drug-likeness (QED) is 0.427. The maximum Gasteiger partial charge on any atom is 0.0105 e. The van der Waals surface area contributed by atoms with Crippen molar-refractivity contribution < 1.29 is 0 Å². The van der Waals surface area contributed by atoms with E-state index in [-0.39, 0.29) is 0 Å². The summed E-state index contributed by atoms with van der Waals surface area (Å²) in [6.07, 6.45) is 7.16. The fourth-order valence-corrected chi connectivity index (χ4v) is 5.86. The molecule has 0 heterocycles. The summed E-state index contributed by atoms with van der Waals surface area (Å²) < 4.78 is 0. The van der Waals surface area contributed by atoms with Gasteiger partial charge in [-0.1, -0.05) is 85.8 Å². The van der Waals surface area contributed by atoms with Crippen molar-refractivity contribution in [3.8, 4) is 11.1 Å². The first-order valence-corrected chi connectivity index (χ1v) is 11.1. The molecule has 146 valence electrons.